The van der Waals surface area contributed by atoms with Crippen LogP contribution in [0, 0.1) is 11.7 Å². The molecule has 1 aliphatic heterocycles. The van der Waals surface area contributed by atoms with Gasteiger partial charge in [-0.15, -0.1) is 10.2 Å². The molecule has 6 nitrogen and oxygen atoms in total. The standard InChI is InChI=1S/C22H21FN4O2S/c1-13(2)12-30-22-24-20-19(25-26-22)16-9-5-7-11-18(16)27(14(3)28)21(29-20)15-8-4-6-10-17(15)23/h4-11,13,21H,12H2,1-3H3/t21-/m0/s1. The number of thioether (sulfide) groups is 1. The highest BCUT2D eigenvalue weighted by atomic mass is 32.2. The molecule has 0 unspecified atom stereocenters. The normalized spacial score (nSPS) is 15.2. The van der Waals surface area contributed by atoms with Crippen molar-refractivity contribution in [3.8, 4) is 17.1 Å². The molecule has 1 aromatic heterocycles. The Bertz CT molecular complexity index is 1090. The van der Waals surface area contributed by atoms with Gasteiger partial charge in [0, 0.05) is 23.8 Å². The summed E-state index contributed by atoms with van der Waals surface area (Å²) in [5.41, 5.74) is 1.88. The van der Waals surface area contributed by atoms with Crippen LogP contribution in [-0.4, -0.2) is 26.8 Å². The zero-order valence-electron chi connectivity index (χ0n) is 16.9. The predicted octanol–water partition coefficient (Wildman–Crippen LogP) is 4.87. The van der Waals surface area contributed by atoms with Gasteiger partial charge in [-0.25, -0.2) is 4.39 Å². The maximum atomic E-state index is 14.7. The summed E-state index contributed by atoms with van der Waals surface area (Å²) in [5, 5.41) is 9.06. The molecule has 2 heterocycles. The Morgan fingerprint density at radius 2 is 1.90 bits per heavy atom. The molecule has 0 spiro atoms. The number of nitrogens with zero attached hydrogens (tertiary/aromatic N) is 4. The summed E-state index contributed by atoms with van der Waals surface area (Å²) in [5.74, 6) is 0.754. The molecule has 8 heteroatoms. The number of fused-ring (bicyclic) bond motifs is 3. The fraction of sp³-hybridized carbons (Fsp3) is 0.273. The number of amides is 1. The zero-order valence-corrected chi connectivity index (χ0v) is 17.7. The smallest absolute Gasteiger partial charge is 0.247 e. The average Bonchev–Trinajstić information content (AvgIpc) is 2.86. The largest absolute Gasteiger partial charge is 0.447 e. The summed E-state index contributed by atoms with van der Waals surface area (Å²) in [6.45, 7) is 5.64. The van der Waals surface area contributed by atoms with E-state index in [-0.39, 0.29) is 17.4 Å². The molecule has 30 heavy (non-hydrogen) atoms. The molecule has 0 bridgehead atoms. The van der Waals surface area contributed by atoms with Gasteiger partial charge in [-0.3, -0.25) is 9.69 Å². The predicted molar refractivity (Wildman–Crippen MR) is 114 cm³/mol. The van der Waals surface area contributed by atoms with Gasteiger partial charge in [-0.05, 0) is 18.1 Å². The van der Waals surface area contributed by atoms with Crippen LogP contribution in [0.4, 0.5) is 10.1 Å². The molecule has 0 aliphatic carbocycles. The number of benzene rings is 2. The quantitative estimate of drug-likeness (QED) is 0.557. The summed E-state index contributed by atoms with van der Waals surface area (Å²) in [7, 11) is 0. The first-order valence-electron chi connectivity index (χ1n) is 9.63. The molecule has 0 N–H and O–H groups in total. The zero-order chi connectivity index (χ0) is 21.3. The van der Waals surface area contributed by atoms with Gasteiger partial charge in [-0.1, -0.05) is 62.0 Å². The van der Waals surface area contributed by atoms with Crippen LogP contribution in [-0.2, 0) is 4.79 Å². The molecule has 0 saturated carbocycles. The van der Waals surface area contributed by atoms with Crippen molar-refractivity contribution >= 4 is 23.4 Å². The van der Waals surface area contributed by atoms with Gasteiger partial charge in [0.05, 0.1) is 5.69 Å². The Labute approximate surface area is 178 Å². The lowest BCUT2D eigenvalue weighted by Crippen LogP contribution is -2.36. The second-order valence-corrected chi connectivity index (χ2v) is 8.34. The molecule has 1 amide bonds. The summed E-state index contributed by atoms with van der Waals surface area (Å²) in [4.78, 5) is 18.6. The van der Waals surface area contributed by atoms with Gasteiger partial charge in [0.1, 0.15) is 5.82 Å². The lowest BCUT2D eigenvalue weighted by Gasteiger charge is -2.30. The first-order chi connectivity index (χ1) is 14.5. The highest BCUT2D eigenvalue weighted by Crippen LogP contribution is 2.43. The van der Waals surface area contributed by atoms with E-state index in [1.54, 1.807) is 24.3 Å². The fourth-order valence-corrected chi connectivity index (χ4v) is 3.96. The molecule has 4 rings (SSSR count). The second kappa shape index (κ2) is 8.39. The van der Waals surface area contributed by atoms with Crippen LogP contribution in [0.3, 0.4) is 0 Å². The van der Waals surface area contributed by atoms with E-state index in [0.29, 0.717) is 28.0 Å². The maximum Gasteiger partial charge on any atom is 0.247 e. The fourth-order valence-electron chi connectivity index (χ4n) is 3.23. The summed E-state index contributed by atoms with van der Waals surface area (Å²) in [6.07, 6.45) is -1.02. The van der Waals surface area contributed by atoms with Crippen molar-refractivity contribution in [1.82, 2.24) is 15.2 Å². The summed E-state index contributed by atoms with van der Waals surface area (Å²) in [6, 6.07) is 13.5. The van der Waals surface area contributed by atoms with Gasteiger partial charge < -0.3 is 4.74 Å². The van der Waals surface area contributed by atoms with Crippen molar-refractivity contribution in [2.24, 2.45) is 5.92 Å². The number of anilines is 1. The van der Waals surface area contributed by atoms with E-state index >= 15 is 0 Å². The number of ether oxygens (including phenoxy) is 1. The first kappa shape index (κ1) is 20.3. The number of hydrogen-bond donors (Lipinski definition) is 0. The van der Waals surface area contributed by atoms with Crippen molar-refractivity contribution in [3.63, 3.8) is 0 Å². The average molecular weight is 425 g/mol. The van der Waals surface area contributed by atoms with Crippen LogP contribution in [0.2, 0.25) is 0 Å². The molecular weight excluding hydrogens is 403 g/mol. The molecule has 0 radical (unpaired) electrons. The Morgan fingerprint density at radius 1 is 1.17 bits per heavy atom. The number of halogens is 1. The Hall–Kier alpha value is -3.00. The molecule has 0 fully saturated rings. The van der Waals surface area contributed by atoms with Crippen LogP contribution in [0.15, 0.2) is 53.7 Å². The van der Waals surface area contributed by atoms with E-state index in [9.17, 15) is 9.18 Å². The SMILES string of the molecule is CC(=O)N1c2ccccc2-c2nnc(SCC(C)C)nc2O[C@H]1c1ccccc1F. The molecular formula is C22H21FN4O2S. The number of para-hydroxylation sites is 1. The minimum atomic E-state index is -1.02. The number of rotatable bonds is 4. The van der Waals surface area contributed by atoms with Crippen molar-refractivity contribution in [3.05, 3.63) is 59.9 Å². The van der Waals surface area contributed by atoms with Crippen molar-refractivity contribution in [2.75, 3.05) is 10.7 Å². The van der Waals surface area contributed by atoms with E-state index < -0.39 is 12.0 Å². The van der Waals surface area contributed by atoms with Crippen LogP contribution < -0.4 is 9.64 Å². The number of aromatic nitrogens is 3. The van der Waals surface area contributed by atoms with Gasteiger partial charge >= 0.3 is 0 Å². The highest BCUT2D eigenvalue weighted by molar-refractivity contribution is 7.99. The van der Waals surface area contributed by atoms with Crippen molar-refractivity contribution < 1.29 is 13.9 Å². The van der Waals surface area contributed by atoms with Crippen LogP contribution in [0.5, 0.6) is 5.88 Å². The lowest BCUT2D eigenvalue weighted by atomic mass is 10.1. The molecule has 3 aromatic rings. The van der Waals surface area contributed by atoms with Crippen LogP contribution >= 0.6 is 11.8 Å². The second-order valence-electron chi connectivity index (χ2n) is 7.35. The van der Waals surface area contributed by atoms with E-state index in [0.717, 1.165) is 5.75 Å². The highest BCUT2D eigenvalue weighted by Gasteiger charge is 2.35. The molecule has 154 valence electrons. The molecule has 1 atom stereocenters. The van der Waals surface area contributed by atoms with Crippen LogP contribution in [0.1, 0.15) is 32.6 Å². The van der Waals surface area contributed by atoms with Gasteiger partial charge in [0.2, 0.25) is 23.2 Å². The number of hydrogen-bond acceptors (Lipinski definition) is 6. The van der Waals surface area contributed by atoms with E-state index in [1.165, 1.54) is 29.7 Å². The molecule has 2 aromatic carbocycles. The Balaban J connectivity index is 1.89. The van der Waals surface area contributed by atoms with Gasteiger partial charge in [0.15, 0.2) is 5.69 Å². The number of carbonyl (C=O) groups is 1. The third kappa shape index (κ3) is 3.87. The monoisotopic (exact) mass is 424 g/mol. The minimum Gasteiger partial charge on any atom is -0.447 e. The Kier molecular flexibility index (Phi) is 5.67. The summed E-state index contributed by atoms with van der Waals surface area (Å²) >= 11 is 1.48. The van der Waals surface area contributed by atoms with E-state index in [2.05, 4.69) is 29.0 Å². The van der Waals surface area contributed by atoms with Crippen molar-refractivity contribution in [2.45, 2.75) is 32.2 Å². The first-order valence-corrected chi connectivity index (χ1v) is 10.6. The molecule has 1 aliphatic rings. The maximum absolute atomic E-state index is 14.7. The van der Waals surface area contributed by atoms with E-state index in [1.807, 2.05) is 18.2 Å². The lowest BCUT2D eigenvalue weighted by molar-refractivity contribution is -0.118. The van der Waals surface area contributed by atoms with Gasteiger partial charge in [-0.2, -0.15) is 4.98 Å². The number of carbonyl (C=O) groups excluding carboxylic acids is 1. The van der Waals surface area contributed by atoms with E-state index in [4.69, 9.17) is 4.74 Å². The molecule has 0 saturated heterocycles. The van der Waals surface area contributed by atoms with Gasteiger partial charge in [0.25, 0.3) is 0 Å². The third-order valence-electron chi connectivity index (χ3n) is 4.57. The topological polar surface area (TPSA) is 68.2 Å². The summed E-state index contributed by atoms with van der Waals surface area (Å²) < 4.78 is 20.9. The van der Waals surface area contributed by atoms with Crippen molar-refractivity contribution in [1.29, 1.82) is 0 Å². The third-order valence-corrected chi connectivity index (χ3v) is 5.83. The van der Waals surface area contributed by atoms with Crippen LogP contribution in [0.25, 0.3) is 11.3 Å². The minimum absolute atomic E-state index is 0.223. The Morgan fingerprint density at radius 3 is 2.63 bits per heavy atom.